The summed E-state index contributed by atoms with van der Waals surface area (Å²) in [6.07, 6.45) is 3.83. The Bertz CT molecular complexity index is 224. The molecular weight excluding hydrogens is 162 g/mol. The van der Waals surface area contributed by atoms with E-state index in [1.54, 1.807) is 0 Å². The van der Waals surface area contributed by atoms with Crippen LogP contribution in [0.5, 0.6) is 0 Å². The van der Waals surface area contributed by atoms with E-state index >= 15 is 0 Å². The van der Waals surface area contributed by atoms with Crippen LogP contribution in [0.3, 0.4) is 0 Å². The Labute approximate surface area is 79.9 Å². The van der Waals surface area contributed by atoms with E-state index in [0.29, 0.717) is 17.8 Å². The van der Waals surface area contributed by atoms with Gasteiger partial charge in [-0.3, -0.25) is 4.79 Å². The molecule has 2 heteroatoms. The van der Waals surface area contributed by atoms with Gasteiger partial charge in [0.2, 0.25) is 5.91 Å². The van der Waals surface area contributed by atoms with Crippen molar-refractivity contribution in [2.75, 3.05) is 0 Å². The Morgan fingerprint density at radius 1 is 1.31 bits per heavy atom. The normalized spacial score (nSPS) is 43.0. The summed E-state index contributed by atoms with van der Waals surface area (Å²) in [6.45, 7) is 4.45. The zero-order valence-corrected chi connectivity index (χ0v) is 8.49. The first-order valence-corrected chi connectivity index (χ1v) is 5.40. The Morgan fingerprint density at radius 2 is 1.92 bits per heavy atom. The van der Waals surface area contributed by atoms with Gasteiger partial charge in [-0.2, -0.15) is 0 Å². The van der Waals surface area contributed by atoms with E-state index in [1.165, 1.54) is 19.3 Å². The fourth-order valence-corrected chi connectivity index (χ4v) is 3.72. The average molecular weight is 181 g/mol. The summed E-state index contributed by atoms with van der Waals surface area (Å²) in [4.78, 5) is 11.3. The van der Waals surface area contributed by atoms with Crippen molar-refractivity contribution in [2.24, 2.45) is 35.3 Å². The number of fused-ring (bicyclic) bond motifs is 2. The number of amides is 1. The topological polar surface area (TPSA) is 43.1 Å². The lowest BCUT2D eigenvalue weighted by molar-refractivity contribution is -0.125. The van der Waals surface area contributed by atoms with Crippen molar-refractivity contribution in [1.29, 1.82) is 0 Å². The standard InChI is InChI=1S/C11H19NO/c1-6(2)9-7-3-4-8(5-7)10(9)11(12)13/h6-10H,3-5H2,1-2H3,(H2,12,13)/t7?,8?,9-,10+/m1/s1. The van der Waals surface area contributed by atoms with Gasteiger partial charge in [0.25, 0.3) is 0 Å². The van der Waals surface area contributed by atoms with Gasteiger partial charge in [0.15, 0.2) is 0 Å². The highest BCUT2D eigenvalue weighted by atomic mass is 16.1. The lowest BCUT2D eigenvalue weighted by atomic mass is 9.73. The van der Waals surface area contributed by atoms with Gasteiger partial charge in [0.1, 0.15) is 0 Å². The molecule has 0 spiro atoms. The quantitative estimate of drug-likeness (QED) is 0.693. The van der Waals surface area contributed by atoms with E-state index in [4.69, 9.17) is 5.73 Å². The maximum absolute atomic E-state index is 11.3. The first-order chi connectivity index (χ1) is 6.11. The van der Waals surface area contributed by atoms with Crippen LogP contribution in [0.4, 0.5) is 0 Å². The molecule has 0 saturated heterocycles. The number of carbonyl (C=O) groups is 1. The van der Waals surface area contributed by atoms with Crippen molar-refractivity contribution >= 4 is 5.91 Å². The van der Waals surface area contributed by atoms with Gasteiger partial charge in [0.05, 0.1) is 0 Å². The average Bonchev–Trinajstić information content (AvgIpc) is 2.60. The molecule has 4 atom stereocenters. The maximum Gasteiger partial charge on any atom is 0.221 e. The molecule has 2 aliphatic rings. The molecule has 0 radical (unpaired) electrons. The first-order valence-electron chi connectivity index (χ1n) is 5.40. The zero-order chi connectivity index (χ0) is 9.59. The lowest BCUT2D eigenvalue weighted by Gasteiger charge is -2.31. The predicted octanol–water partition coefficient (Wildman–Crippen LogP) is 1.79. The number of rotatable bonds is 2. The van der Waals surface area contributed by atoms with Crippen molar-refractivity contribution in [3.63, 3.8) is 0 Å². The highest BCUT2D eigenvalue weighted by molar-refractivity contribution is 5.78. The SMILES string of the molecule is CC(C)[C@@H]1C2CCC(C2)[C@@H]1C(N)=O. The van der Waals surface area contributed by atoms with Gasteiger partial charge in [-0.05, 0) is 42.9 Å². The van der Waals surface area contributed by atoms with Crippen LogP contribution in [0.1, 0.15) is 33.1 Å². The third-order valence-corrected chi connectivity index (χ3v) is 4.08. The molecule has 0 aromatic carbocycles. The predicted molar refractivity (Wildman–Crippen MR) is 51.8 cm³/mol. The van der Waals surface area contributed by atoms with E-state index < -0.39 is 0 Å². The fourth-order valence-electron chi connectivity index (χ4n) is 3.72. The molecular formula is C11H19NO. The van der Waals surface area contributed by atoms with Gasteiger partial charge in [-0.1, -0.05) is 13.8 Å². The van der Waals surface area contributed by atoms with Gasteiger partial charge in [0, 0.05) is 5.92 Å². The summed E-state index contributed by atoms with van der Waals surface area (Å²) in [5.41, 5.74) is 5.47. The van der Waals surface area contributed by atoms with E-state index in [-0.39, 0.29) is 11.8 Å². The molecule has 0 aliphatic heterocycles. The monoisotopic (exact) mass is 181 g/mol. The van der Waals surface area contributed by atoms with Gasteiger partial charge >= 0.3 is 0 Å². The molecule has 2 nitrogen and oxygen atoms in total. The van der Waals surface area contributed by atoms with Crippen molar-refractivity contribution < 1.29 is 4.79 Å². The molecule has 2 N–H and O–H groups in total. The third-order valence-electron chi connectivity index (χ3n) is 4.08. The van der Waals surface area contributed by atoms with E-state index in [9.17, 15) is 4.79 Å². The molecule has 74 valence electrons. The fraction of sp³-hybridized carbons (Fsp3) is 0.909. The van der Waals surface area contributed by atoms with Gasteiger partial charge in [-0.15, -0.1) is 0 Å². The molecule has 2 bridgehead atoms. The Balaban J connectivity index is 2.20. The van der Waals surface area contributed by atoms with Crippen LogP contribution in [0.15, 0.2) is 0 Å². The number of hydrogen-bond acceptors (Lipinski definition) is 1. The number of primary amides is 1. The Kier molecular flexibility index (Phi) is 2.09. The van der Waals surface area contributed by atoms with Crippen LogP contribution < -0.4 is 5.73 Å². The summed E-state index contributed by atoms with van der Waals surface area (Å²) >= 11 is 0. The van der Waals surface area contributed by atoms with Crippen molar-refractivity contribution in [3.05, 3.63) is 0 Å². The van der Waals surface area contributed by atoms with Gasteiger partial charge < -0.3 is 5.73 Å². The molecule has 2 fully saturated rings. The number of carbonyl (C=O) groups excluding carboxylic acids is 1. The summed E-state index contributed by atoms with van der Waals surface area (Å²) in [5.74, 6) is 2.76. The van der Waals surface area contributed by atoms with Crippen LogP contribution in [0.25, 0.3) is 0 Å². The minimum atomic E-state index is -0.0501. The zero-order valence-electron chi connectivity index (χ0n) is 8.49. The molecule has 2 aliphatic carbocycles. The second kappa shape index (κ2) is 3.00. The van der Waals surface area contributed by atoms with E-state index in [2.05, 4.69) is 13.8 Å². The van der Waals surface area contributed by atoms with Crippen molar-refractivity contribution in [2.45, 2.75) is 33.1 Å². The van der Waals surface area contributed by atoms with Crippen LogP contribution >= 0.6 is 0 Å². The second-order valence-corrected chi connectivity index (χ2v) is 5.08. The summed E-state index contributed by atoms with van der Waals surface area (Å²) in [5, 5.41) is 0. The largest absolute Gasteiger partial charge is 0.369 e. The summed E-state index contributed by atoms with van der Waals surface area (Å²) < 4.78 is 0. The minimum Gasteiger partial charge on any atom is -0.369 e. The molecule has 13 heavy (non-hydrogen) atoms. The van der Waals surface area contributed by atoms with E-state index in [1.807, 2.05) is 0 Å². The Hall–Kier alpha value is -0.530. The summed E-state index contributed by atoms with van der Waals surface area (Å²) in [7, 11) is 0. The lowest BCUT2D eigenvalue weighted by Crippen LogP contribution is -2.36. The van der Waals surface area contributed by atoms with Crippen LogP contribution in [0.2, 0.25) is 0 Å². The third kappa shape index (κ3) is 1.27. The molecule has 2 unspecified atom stereocenters. The molecule has 1 amide bonds. The smallest absolute Gasteiger partial charge is 0.221 e. The Morgan fingerprint density at radius 3 is 2.38 bits per heavy atom. The number of hydrogen-bond donors (Lipinski definition) is 1. The van der Waals surface area contributed by atoms with Crippen LogP contribution in [0, 0.1) is 29.6 Å². The molecule has 0 aromatic rings. The van der Waals surface area contributed by atoms with Crippen LogP contribution in [-0.2, 0) is 4.79 Å². The minimum absolute atomic E-state index is 0.0501. The highest BCUT2D eigenvalue weighted by Crippen LogP contribution is 2.54. The van der Waals surface area contributed by atoms with Crippen molar-refractivity contribution in [1.82, 2.24) is 0 Å². The highest BCUT2D eigenvalue weighted by Gasteiger charge is 2.50. The molecule has 0 aromatic heterocycles. The van der Waals surface area contributed by atoms with E-state index in [0.717, 1.165) is 5.92 Å². The summed E-state index contributed by atoms with van der Waals surface area (Å²) in [6, 6.07) is 0. The van der Waals surface area contributed by atoms with Gasteiger partial charge in [-0.25, -0.2) is 0 Å². The number of nitrogens with two attached hydrogens (primary N) is 1. The van der Waals surface area contributed by atoms with Crippen LogP contribution in [-0.4, -0.2) is 5.91 Å². The second-order valence-electron chi connectivity index (χ2n) is 5.08. The van der Waals surface area contributed by atoms with Crippen molar-refractivity contribution in [3.8, 4) is 0 Å². The maximum atomic E-state index is 11.3. The first kappa shape index (κ1) is 9.04. The molecule has 2 saturated carbocycles. The molecule has 2 rings (SSSR count). The molecule has 0 heterocycles.